The van der Waals surface area contributed by atoms with Gasteiger partial charge in [0.15, 0.2) is 0 Å². The number of nitrogens with two attached hydrogens (primary N) is 1. The molecule has 0 atom stereocenters. The number of non-ortho nitro benzene ring substituents is 1. The highest BCUT2D eigenvalue weighted by molar-refractivity contribution is 7.15. The lowest BCUT2D eigenvalue weighted by molar-refractivity contribution is -0.384. The van der Waals surface area contributed by atoms with E-state index in [1.54, 1.807) is 12.1 Å². The molecular formula is C10H10N4O2S. The zero-order chi connectivity index (χ0) is 12.3. The molecule has 6 nitrogen and oxygen atoms in total. The van der Waals surface area contributed by atoms with E-state index in [9.17, 15) is 10.1 Å². The predicted octanol–water partition coefficient (Wildman–Crippen LogP) is 1.81. The number of nitro groups is 1. The molecule has 2 rings (SSSR count). The number of aromatic nitrogens is 2. The van der Waals surface area contributed by atoms with E-state index >= 15 is 0 Å². The fourth-order valence-electron chi connectivity index (χ4n) is 1.40. The Hall–Kier alpha value is -2.02. The number of hydrogen-bond donors (Lipinski definition) is 1. The molecule has 2 N–H and O–H groups in total. The minimum absolute atomic E-state index is 0.105. The first-order chi connectivity index (χ1) is 8.15. The Bertz CT molecular complexity index is 523. The van der Waals surface area contributed by atoms with Crippen LogP contribution in [0.2, 0.25) is 0 Å². The summed E-state index contributed by atoms with van der Waals surface area (Å²) in [5.41, 5.74) is 6.61. The largest absolute Gasteiger partial charge is 0.374 e. The van der Waals surface area contributed by atoms with Crippen LogP contribution in [0.3, 0.4) is 0 Å². The van der Waals surface area contributed by atoms with Gasteiger partial charge in [-0.3, -0.25) is 10.1 Å². The summed E-state index contributed by atoms with van der Waals surface area (Å²) in [6.07, 6.45) is 1.51. The first-order valence-corrected chi connectivity index (χ1v) is 5.78. The van der Waals surface area contributed by atoms with Crippen LogP contribution in [0.25, 0.3) is 0 Å². The lowest BCUT2D eigenvalue weighted by Crippen LogP contribution is -1.92. The molecule has 88 valence electrons. The number of nitro benzene ring substituents is 1. The van der Waals surface area contributed by atoms with Crippen LogP contribution < -0.4 is 5.73 Å². The number of nitrogen functional groups attached to an aromatic ring is 1. The summed E-state index contributed by atoms with van der Waals surface area (Å²) in [5.74, 6) is 0. The number of nitrogens with zero attached hydrogens (tertiary/aromatic N) is 3. The van der Waals surface area contributed by atoms with E-state index in [4.69, 9.17) is 5.73 Å². The van der Waals surface area contributed by atoms with Gasteiger partial charge < -0.3 is 5.73 Å². The Morgan fingerprint density at radius 3 is 2.47 bits per heavy atom. The van der Waals surface area contributed by atoms with Crippen molar-refractivity contribution in [2.75, 3.05) is 5.73 Å². The second-order valence-electron chi connectivity index (χ2n) is 3.46. The van der Waals surface area contributed by atoms with Crippen LogP contribution in [0.4, 0.5) is 10.8 Å². The van der Waals surface area contributed by atoms with Crippen LogP contribution in [0, 0.1) is 10.1 Å². The van der Waals surface area contributed by atoms with Gasteiger partial charge in [-0.25, -0.2) is 0 Å². The van der Waals surface area contributed by atoms with Crippen molar-refractivity contribution in [3.8, 4) is 0 Å². The summed E-state index contributed by atoms with van der Waals surface area (Å²) in [5, 5.41) is 19.4. The third kappa shape index (κ3) is 2.97. The monoisotopic (exact) mass is 250 g/mol. The van der Waals surface area contributed by atoms with Crippen LogP contribution in [0.5, 0.6) is 0 Å². The molecule has 0 bridgehead atoms. The summed E-state index contributed by atoms with van der Waals surface area (Å²) < 4.78 is 0. The Balaban J connectivity index is 1.97. The first-order valence-electron chi connectivity index (χ1n) is 4.96. The highest BCUT2D eigenvalue weighted by Gasteiger charge is 2.05. The topological polar surface area (TPSA) is 94.9 Å². The molecule has 1 heterocycles. The molecule has 0 aliphatic carbocycles. The van der Waals surface area contributed by atoms with Gasteiger partial charge >= 0.3 is 0 Å². The molecule has 0 saturated heterocycles. The fourth-order valence-corrected chi connectivity index (χ4v) is 2.01. The SMILES string of the molecule is Nc1nnc(CCc2ccc([N+](=O)[O-])cc2)s1. The second kappa shape index (κ2) is 4.88. The molecule has 1 aromatic carbocycles. The number of rotatable bonds is 4. The number of anilines is 1. The Morgan fingerprint density at radius 1 is 1.24 bits per heavy atom. The van der Waals surface area contributed by atoms with E-state index in [-0.39, 0.29) is 5.69 Å². The van der Waals surface area contributed by atoms with Gasteiger partial charge in [0.1, 0.15) is 5.01 Å². The van der Waals surface area contributed by atoms with Crippen molar-refractivity contribution in [1.82, 2.24) is 10.2 Å². The maximum Gasteiger partial charge on any atom is 0.269 e. The molecule has 0 aliphatic heterocycles. The fraction of sp³-hybridized carbons (Fsp3) is 0.200. The van der Waals surface area contributed by atoms with Crippen LogP contribution in [-0.2, 0) is 12.8 Å². The molecular weight excluding hydrogens is 240 g/mol. The average Bonchev–Trinajstić information content (AvgIpc) is 2.73. The second-order valence-corrected chi connectivity index (χ2v) is 4.55. The van der Waals surface area contributed by atoms with Crippen molar-refractivity contribution in [2.24, 2.45) is 0 Å². The quantitative estimate of drug-likeness (QED) is 0.659. The summed E-state index contributed by atoms with van der Waals surface area (Å²) in [7, 11) is 0. The Kier molecular flexibility index (Phi) is 3.29. The third-order valence-corrected chi connectivity index (χ3v) is 3.07. The highest BCUT2D eigenvalue weighted by atomic mass is 32.1. The average molecular weight is 250 g/mol. The van der Waals surface area contributed by atoms with Gasteiger partial charge in [0.25, 0.3) is 5.69 Å². The molecule has 0 aliphatic rings. The molecule has 0 amide bonds. The maximum atomic E-state index is 10.5. The van der Waals surface area contributed by atoms with Gasteiger partial charge in [0.05, 0.1) is 4.92 Å². The van der Waals surface area contributed by atoms with Gasteiger partial charge in [-0.2, -0.15) is 0 Å². The van der Waals surface area contributed by atoms with Gasteiger partial charge in [-0.15, -0.1) is 10.2 Å². The van der Waals surface area contributed by atoms with E-state index in [2.05, 4.69) is 10.2 Å². The van der Waals surface area contributed by atoms with E-state index in [0.29, 0.717) is 5.13 Å². The van der Waals surface area contributed by atoms with Gasteiger partial charge in [-0.1, -0.05) is 23.5 Å². The molecule has 0 radical (unpaired) electrons. The minimum Gasteiger partial charge on any atom is -0.374 e. The summed E-state index contributed by atoms with van der Waals surface area (Å²) >= 11 is 1.36. The van der Waals surface area contributed by atoms with E-state index in [1.807, 2.05) is 0 Å². The lowest BCUT2D eigenvalue weighted by atomic mass is 10.1. The van der Waals surface area contributed by atoms with Crippen molar-refractivity contribution in [3.63, 3.8) is 0 Å². The summed E-state index contributed by atoms with van der Waals surface area (Å²) in [6.45, 7) is 0. The molecule has 0 saturated carbocycles. The maximum absolute atomic E-state index is 10.5. The molecule has 0 fully saturated rings. The predicted molar refractivity (Wildman–Crippen MR) is 64.8 cm³/mol. The smallest absolute Gasteiger partial charge is 0.269 e. The van der Waals surface area contributed by atoms with E-state index in [1.165, 1.54) is 23.5 Å². The molecule has 0 spiro atoms. The molecule has 7 heteroatoms. The zero-order valence-corrected chi connectivity index (χ0v) is 9.68. The van der Waals surface area contributed by atoms with Crippen molar-refractivity contribution < 1.29 is 4.92 Å². The van der Waals surface area contributed by atoms with Crippen molar-refractivity contribution >= 4 is 22.2 Å². The van der Waals surface area contributed by atoms with Crippen molar-refractivity contribution in [1.29, 1.82) is 0 Å². The van der Waals surface area contributed by atoms with Gasteiger partial charge in [0, 0.05) is 18.6 Å². The minimum atomic E-state index is -0.408. The van der Waals surface area contributed by atoms with Crippen LogP contribution in [0.15, 0.2) is 24.3 Å². The van der Waals surface area contributed by atoms with Crippen molar-refractivity contribution in [3.05, 3.63) is 45.0 Å². The number of benzene rings is 1. The molecule has 1 aromatic heterocycles. The molecule has 17 heavy (non-hydrogen) atoms. The van der Waals surface area contributed by atoms with Crippen molar-refractivity contribution in [2.45, 2.75) is 12.8 Å². The molecule has 0 unspecified atom stereocenters. The van der Waals surface area contributed by atoms with E-state index in [0.717, 1.165) is 23.4 Å². The van der Waals surface area contributed by atoms with Gasteiger partial charge in [0.2, 0.25) is 5.13 Å². The van der Waals surface area contributed by atoms with Crippen LogP contribution in [-0.4, -0.2) is 15.1 Å². The highest BCUT2D eigenvalue weighted by Crippen LogP contribution is 2.16. The summed E-state index contributed by atoms with van der Waals surface area (Å²) in [4.78, 5) is 10.1. The Morgan fingerprint density at radius 2 is 1.94 bits per heavy atom. The number of aryl methyl sites for hydroxylation is 2. The van der Waals surface area contributed by atoms with Crippen LogP contribution >= 0.6 is 11.3 Å². The number of hydrogen-bond acceptors (Lipinski definition) is 6. The normalized spacial score (nSPS) is 10.4. The lowest BCUT2D eigenvalue weighted by Gasteiger charge is -1.98. The van der Waals surface area contributed by atoms with Gasteiger partial charge in [-0.05, 0) is 12.0 Å². The third-order valence-electron chi connectivity index (χ3n) is 2.26. The Labute approximate surface area is 101 Å². The standard InChI is InChI=1S/C10H10N4O2S/c11-10-13-12-9(17-10)6-3-7-1-4-8(5-2-7)14(15)16/h1-2,4-5H,3,6H2,(H2,11,13). The summed E-state index contributed by atoms with van der Waals surface area (Å²) in [6, 6.07) is 6.51. The van der Waals surface area contributed by atoms with E-state index < -0.39 is 4.92 Å². The molecule has 2 aromatic rings. The van der Waals surface area contributed by atoms with Crippen LogP contribution in [0.1, 0.15) is 10.6 Å². The zero-order valence-electron chi connectivity index (χ0n) is 8.87. The first kappa shape index (κ1) is 11.5.